The van der Waals surface area contributed by atoms with Crippen LogP contribution in [0, 0.1) is 0 Å². The second-order valence-electron chi connectivity index (χ2n) is 2.76. The van der Waals surface area contributed by atoms with E-state index in [9.17, 15) is 0 Å². The monoisotopic (exact) mass is 140 g/mol. The Morgan fingerprint density at radius 1 is 0.800 bits per heavy atom. The highest BCUT2D eigenvalue weighted by molar-refractivity contribution is 4.80. The Hall–Kier alpha value is -0.260. The van der Waals surface area contributed by atoms with Crippen LogP contribution >= 0.6 is 0 Å². The molecule has 0 atom stereocenters. The first-order valence-corrected chi connectivity index (χ1v) is 4.56. The fourth-order valence-electron chi connectivity index (χ4n) is 0.915. The van der Waals surface area contributed by atoms with E-state index in [-0.39, 0.29) is 0 Å². The van der Waals surface area contributed by atoms with Crippen LogP contribution in [0.3, 0.4) is 0 Å². The zero-order chi connectivity index (χ0) is 7.66. The minimum Gasteiger partial charge on any atom is -0.0885 e. The molecule has 0 aliphatic heterocycles. The molecule has 0 aliphatic carbocycles. The van der Waals surface area contributed by atoms with Crippen molar-refractivity contribution in [1.82, 2.24) is 0 Å². The Labute approximate surface area is 65.3 Å². The molecule has 0 rings (SSSR count). The number of allylic oxidation sites excluding steroid dienone is 2. The van der Waals surface area contributed by atoms with Crippen molar-refractivity contribution in [2.24, 2.45) is 0 Å². The highest BCUT2D eigenvalue weighted by Gasteiger charge is 1.80. The third-order valence-electron chi connectivity index (χ3n) is 1.60. The van der Waals surface area contributed by atoms with Crippen molar-refractivity contribution in [3.8, 4) is 0 Å². The maximum Gasteiger partial charge on any atom is -0.0351 e. The molecule has 0 aromatic heterocycles. The maximum atomic E-state index is 2.32. The normalized spacial score (nSPS) is 11.0. The largest absolute Gasteiger partial charge is 0.0885 e. The fraction of sp³-hybridized carbons (Fsp3) is 0.800. The van der Waals surface area contributed by atoms with E-state index in [0.29, 0.717) is 0 Å². The Morgan fingerprint density at radius 2 is 1.50 bits per heavy atom. The summed E-state index contributed by atoms with van der Waals surface area (Å²) < 4.78 is 0. The molecule has 0 fully saturated rings. The molecule has 0 amide bonds. The van der Waals surface area contributed by atoms with Gasteiger partial charge in [0, 0.05) is 0 Å². The second-order valence-corrected chi connectivity index (χ2v) is 2.76. The molecule has 0 aromatic rings. The number of unbranched alkanes of at least 4 members (excludes halogenated alkanes) is 4. The van der Waals surface area contributed by atoms with Gasteiger partial charge in [-0.15, -0.1) is 0 Å². The van der Waals surface area contributed by atoms with Gasteiger partial charge in [-0.25, -0.2) is 0 Å². The first kappa shape index (κ1) is 9.74. The molecular formula is C10H20. The van der Waals surface area contributed by atoms with Gasteiger partial charge in [-0.05, 0) is 19.3 Å². The second kappa shape index (κ2) is 8.74. The molecular weight excluding hydrogens is 120 g/mol. The summed E-state index contributed by atoms with van der Waals surface area (Å²) in [6.45, 7) is 4.46. The quantitative estimate of drug-likeness (QED) is 0.387. The van der Waals surface area contributed by atoms with Gasteiger partial charge in [-0.3, -0.25) is 0 Å². The summed E-state index contributed by atoms with van der Waals surface area (Å²) in [4.78, 5) is 0. The van der Waals surface area contributed by atoms with Crippen LogP contribution in [0.1, 0.15) is 52.4 Å². The Bertz CT molecular complexity index is 72.1. The van der Waals surface area contributed by atoms with E-state index in [1.165, 1.54) is 38.5 Å². The fourth-order valence-corrected chi connectivity index (χ4v) is 0.915. The Kier molecular flexibility index (Phi) is 8.51. The van der Waals surface area contributed by atoms with Gasteiger partial charge in [0.1, 0.15) is 0 Å². The minimum atomic E-state index is 1.26. The predicted molar refractivity (Wildman–Crippen MR) is 48.2 cm³/mol. The average molecular weight is 140 g/mol. The van der Waals surface area contributed by atoms with Crippen molar-refractivity contribution >= 4 is 0 Å². The lowest BCUT2D eigenvalue weighted by molar-refractivity contribution is 0.727. The number of rotatable bonds is 6. The van der Waals surface area contributed by atoms with Crippen molar-refractivity contribution in [1.29, 1.82) is 0 Å². The van der Waals surface area contributed by atoms with E-state index in [0.717, 1.165) is 0 Å². The molecule has 0 aliphatic rings. The standard InChI is InChI=1S/C10H20/c1-3-5-7-9-10-8-6-4-2/h7,9H,3-6,8,10H2,1-2H3. The van der Waals surface area contributed by atoms with Crippen molar-refractivity contribution in [2.75, 3.05) is 0 Å². The van der Waals surface area contributed by atoms with Crippen LogP contribution in [-0.2, 0) is 0 Å². The molecule has 60 valence electrons. The molecule has 10 heavy (non-hydrogen) atoms. The number of hydrogen-bond acceptors (Lipinski definition) is 0. The molecule has 0 N–H and O–H groups in total. The molecule has 0 saturated heterocycles. The Morgan fingerprint density at radius 3 is 2.10 bits per heavy atom. The van der Waals surface area contributed by atoms with E-state index in [4.69, 9.17) is 0 Å². The molecule has 0 aromatic carbocycles. The molecule has 0 heteroatoms. The minimum absolute atomic E-state index is 1.26. The van der Waals surface area contributed by atoms with E-state index in [1.807, 2.05) is 0 Å². The van der Waals surface area contributed by atoms with Gasteiger partial charge in [-0.2, -0.15) is 0 Å². The van der Waals surface area contributed by atoms with Crippen LogP contribution in [0.2, 0.25) is 0 Å². The van der Waals surface area contributed by atoms with Crippen LogP contribution in [-0.4, -0.2) is 0 Å². The molecule has 0 spiro atoms. The summed E-state index contributed by atoms with van der Waals surface area (Å²) in [6.07, 6.45) is 12.5. The zero-order valence-corrected chi connectivity index (χ0v) is 7.40. The van der Waals surface area contributed by atoms with Gasteiger partial charge < -0.3 is 0 Å². The molecule has 0 unspecified atom stereocenters. The maximum absolute atomic E-state index is 2.32. The lowest BCUT2D eigenvalue weighted by Crippen LogP contribution is -1.70. The lowest BCUT2D eigenvalue weighted by Gasteiger charge is -1.90. The van der Waals surface area contributed by atoms with Gasteiger partial charge in [0.25, 0.3) is 0 Å². The summed E-state index contributed by atoms with van der Waals surface area (Å²) in [7, 11) is 0. The van der Waals surface area contributed by atoms with Crippen LogP contribution in [0.25, 0.3) is 0 Å². The van der Waals surface area contributed by atoms with Gasteiger partial charge in [-0.1, -0.05) is 45.3 Å². The smallest absolute Gasteiger partial charge is 0.0351 e. The molecule has 0 nitrogen and oxygen atoms in total. The van der Waals surface area contributed by atoms with Gasteiger partial charge >= 0.3 is 0 Å². The van der Waals surface area contributed by atoms with E-state index in [1.54, 1.807) is 0 Å². The van der Waals surface area contributed by atoms with Gasteiger partial charge in [0.2, 0.25) is 0 Å². The summed E-state index contributed by atoms with van der Waals surface area (Å²) in [6, 6.07) is 0. The van der Waals surface area contributed by atoms with E-state index >= 15 is 0 Å². The predicted octanol–water partition coefficient (Wildman–Crippen LogP) is 3.92. The molecule has 0 bridgehead atoms. The third-order valence-corrected chi connectivity index (χ3v) is 1.60. The first-order chi connectivity index (χ1) is 4.91. The van der Waals surface area contributed by atoms with Crippen molar-refractivity contribution < 1.29 is 0 Å². The van der Waals surface area contributed by atoms with Crippen molar-refractivity contribution in [3.05, 3.63) is 12.2 Å². The van der Waals surface area contributed by atoms with Crippen LogP contribution in [0.15, 0.2) is 12.2 Å². The van der Waals surface area contributed by atoms with Crippen LogP contribution in [0.4, 0.5) is 0 Å². The van der Waals surface area contributed by atoms with Crippen molar-refractivity contribution in [2.45, 2.75) is 52.4 Å². The first-order valence-electron chi connectivity index (χ1n) is 4.56. The average Bonchev–Trinajstić information content (AvgIpc) is 1.97. The summed E-state index contributed by atoms with van der Waals surface area (Å²) in [5, 5.41) is 0. The van der Waals surface area contributed by atoms with E-state index < -0.39 is 0 Å². The molecule has 0 saturated carbocycles. The Balaban J connectivity index is 2.88. The highest BCUT2D eigenvalue weighted by atomic mass is 13.9. The molecule has 0 radical (unpaired) electrons. The van der Waals surface area contributed by atoms with E-state index in [2.05, 4.69) is 26.0 Å². The molecule has 0 heterocycles. The van der Waals surface area contributed by atoms with Crippen molar-refractivity contribution in [3.63, 3.8) is 0 Å². The SMILES string of the molecule is CCCC=CCCCCC. The van der Waals surface area contributed by atoms with Crippen LogP contribution in [0.5, 0.6) is 0 Å². The lowest BCUT2D eigenvalue weighted by atomic mass is 10.2. The summed E-state index contributed by atoms with van der Waals surface area (Å²) in [5.74, 6) is 0. The zero-order valence-electron chi connectivity index (χ0n) is 7.40. The van der Waals surface area contributed by atoms with Crippen LogP contribution < -0.4 is 0 Å². The number of hydrogen-bond donors (Lipinski definition) is 0. The van der Waals surface area contributed by atoms with Gasteiger partial charge in [0.05, 0.1) is 0 Å². The third kappa shape index (κ3) is 7.74. The summed E-state index contributed by atoms with van der Waals surface area (Å²) >= 11 is 0. The summed E-state index contributed by atoms with van der Waals surface area (Å²) in [5.41, 5.74) is 0. The highest BCUT2D eigenvalue weighted by Crippen LogP contribution is 2.00. The van der Waals surface area contributed by atoms with Gasteiger partial charge in [0.15, 0.2) is 0 Å². The topological polar surface area (TPSA) is 0 Å².